The summed E-state index contributed by atoms with van der Waals surface area (Å²) < 4.78 is 10.5. The van der Waals surface area contributed by atoms with Gasteiger partial charge in [-0.15, -0.1) is 0 Å². The summed E-state index contributed by atoms with van der Waals surface area (Å²) in [5, 5.41) is 0. The first-order valence-corrected chi connectivity index (χ1v) is 9.90. The van der Waals surface area contributed by atoms with Crippen molar-refractivity contribution in [2.24, 2.45) is 23.2 Å². The lowest BCUT2D eigenvalue weighted by Crippen LogP contribution is -2.46. The first-order chi connectivity index (χ1) is 11.6. The van der Waals surface area contributed by atoms with Crippen LogP contribution < -0.4 is 0 Å². The molecular formula is C20H32O4. The van der Waals surface area contributed by atoms with Crippen molar-refractivity contribution in [2.75, 3.05) is 13.2 Å². The topological polar surface area (TPSA) is 52.6 Å². The first kappa shape index (κ1) is 17.8. The summed E-state index contributed by atoms with van der Waals surface area (Å²) in [6.45, 7) is 3.03. The Kier molecular flexibility index (Phi) is 5.83. The molecular weight excluding hydrogens is 304 g/mol. The number of hydrogen-bond acceptors (Lipinski definition) is 4. The summed E-state index contributed by atoms with van der Waals surface area (Å²) >= 11 is 0. The Hall–Kier alpha value is -1.06. The predicted octanol–water partition coefficient (Wildman–Crippen LogP) is 4.26. The molecule has 0 aromatic rings. The first-order valence-electron chi connectivity index (χ1n) is 9.90. The maximum Gasteiger partial charge on any atom is 0.306 e. The minimum Gasteiger partial charge on any atom is -0.466 e. The van der Waals surface area contributed by atoms with E-state index in [0.29, 0.717) is 18.6 Å². The van der Waals surface area contributed by atoms with Crippen LogP contribution in [0.2, 0.25) is 0 Å². The minimum absolute atomic E-state index is 0.139. The van der Waals surface area contributed by atoms with E-state index in [1.54, 1.807) is 0 Å². The molecule has 0 heterocycles. The Morgan fingerprint density at radius 3 is 1.88 bits per heavy atom. The molecule has 4 saturated carbocycles. The maximum atomic E-state index is 11.8. The van der Waals surface area contributed by atoms with E-state index in [0.717, 1.165) is 37.0 Å². The molecule has 4 heteroatoms. The van der Waals surface area contributed by atoms with E-state index < -0.39 is 0 Å². The quantitative estimate of drug-likeness (QED) is 0.466. The molecule has 0 aliphatic heterocycles. The molecule has 0 unspecified atom stereocenters. The summed E-state index contributed by atoms with van der Waals surface area (Å²) in [5.41, 5.74) is 0.452. The third-order valence-corrected chi connectivity index (χ3v) is 6.35. The van der Waals surface area contributed by atoms with Crippen molar-refractivity contribution in [3.05, 3.63) is 0 Å². The van der Waals surface area contributed by atoms with Gasteiger partial charge in [-0.3, -0.25) is 9.59 Å². The highest BCUT2D eigenvalue weighted by Gasteiger charge is 2.50. The summed E-state index contributed by atoms with van der Waals surface area (Å²) in [4.78, 5) is 23.3. The fraction of sp³-hybridized carbons (Fsp3) is 0.900. The van der Waals surface area contributed by atoms with E-state index in [-0.39, 0.29) is 24.8 Å². The zero-order valence-corrected chi connectivity index (χ0v) is 15.1. The molecule has 4 aliphatic rings. The molecule has 0 spiro atoms. The van der Waals surface area contributed by atoms with Crippen molar-refractivity contribution in [3.63, 3.8) is 0 Å². The third kappa shape index (κ3) is 4.52. The van der Waals surface area contributed by atoms with Gasteiger partial charge in [-0.2, -0.15) is 0 Å². The van der Waals surface area contributed by atoms with Crippen LogP contribution in [-0.4, -0.2) is 25.2 Å². The van der Waals surface area contributed by atoms with Gasteiger partial charge in [0.2, 0.25) is 0 Å². The molecule has 0 aromatic heterocycles. The molecule has 0 atom stereocenters. The number of unbranched alkanes of at least 4 members (excludes halogenated alkanes) is 1. The number of esters is 2. The van der Waals surface area contributed by atoms with E-state index in [2.05, 4.69) is 6.92 Å². The van der Waals surface area contributed by atoms with Gasteiger partial charge >= 0.3 is 11.9 Å². The van der Waals surface area contributed by atoms with Crippen LogP contribution in [0.1, 0.15) is 77.6 Å². The zero-order chi connectivity index (χ0) is 17.0. The van der Waals surface area contributed by atoms with E-state index in [9.17, 15) is 9.59 Å². The second-order valence-electron chi connectivity index (χ2n) is 8.46. The lowest BCUT2D eigenvalue weighted by molar-refractivity contribution is -0.151. The lowest BCUT2D eigenvalue weighted by Gasteiger charge is -2.57. The average molecular weight is 336 g/mol. The van der Waals surface area contributed by atoms with Crippen molar-refractivity contribution in [1.29, 1.82) is 0 Å². The monoisotopic (exact) mass is 336 g/mol. The van der Waals surface area contributed by atoms with Crippen molar-refractivity contribution in [2.45, 2.75) is 77.6 Å². The molecule has 4 aliphatic carbocycles. The van der Waals surface area contributed by atoms with Gasteiger partial charge in [0.25, 0.3) is 0 Å². The van der Waals surface area contributed by atoms with Crippen molar-refractivity contribution >= 4 is 11.9 Å². The molecule has 4 nitrogen and oxygen atoms in total. The van der Waals surface area contributed by atoms with Crippen LogP contribution in [0.4, 0.5) is 0 Å². The highest BCUT2D eigenvalue weighted by atomic mass is 16.5. The minimum atomic E-state index is -0.290. The standard InChI is InChI=1S/C20H32O4/c1-2-3-7-23-18(21)4-5-19(22)24-8-6-20-12-15-9-16(13-20)11-17(10-15)14-20/h15-17H,2-14H2,1H3. The van der Waals surface area contributed by atoms with E-state index in [1.165, 1.54) is 38.5 Å². The SMILES string of the molecule is CCCCOC(=O)CCC(=O)OCCC12CC3CC(CC(C3)C1)C2. The molecule has 0 radical (unpaired) electrons. The molecule has 0 amide bonds. The van der Waals surface area contributed by atoms with Crippen LogP contribution in [0, 0.1) is 23.2 Å². The Morgan fingerprint density at radius 2 is 1.38 bits per heavy atom. The number of rotatable bonds is 9. The van der Waals surface area contributed by atoms with Gasteiger partial charge in [0, 0.05) is 0 Å². The Morgan fingerprint density at radius 1 is 0.875 bits per heavy atom. The lowest BCUT2D eigenvalue weighted by atomic mass is 9.49. The van der Waals surface area contributed by atoms with Crippen molar-refractivity contribution in [3.8, 4) is 0 Å². The van der Waals surface area contributed by atoms with Gasteiger partial charge in [0.1, 0.15) is 0 Å². The average Bonchev–Trinajstić information content (AvgIpc) is 2.52. The van der Waals surface area contributed by atoms with E-state index >= 15 is 0 Å². The smallest absolute Gasteiger partial charge is 0.306 e. The number of ether oxygens (including phenoxy) is 2. The highest BCUT2D eigenvalue weighted by Crippen LogP contribution is 2.61. The fourth-order valence-electron chi connectivity index (χ4n) is 5.66. The zero-order valence-electron chi connectivity index (χ0n) is 15.1. The molecule has 0 aromatic carbocycles. The maximum absolute atomic E-state index is 11.8. The van der Waals surface area contributed by atoms with Gasteiger partial charge < -0.3 is 9.47 Å². The highest BCUT2D eigenvalue weighted by molar-refractivity contribution is 5.77. The van der Waals surface area contributed by atoms with Gasteiger partial charge in [0.05, 0.1) is 26.1 Å². The second kappa shape index (κ2) is 7.88. The fourth-order valence-corrected chi connectivity index (χ4v) is 5.66. The number of carbonyl (C=O) groups is 2. The molecule has 0 N–H and O–H groups in total. The Balaban J connectivity index is 1.32. The van der Waals surface area contributed by atoms with Gasteiger partial charge in [-0.25, -0.2) is 0 Å². The molecule has 4 rings (SSSR count). The summed E-state index contributed by atoms with van der Waals surface area (Å²) in [5.74, 6) is 2.26. The van der Waals surface area contributed by atoms with Crippen LogP contribution >= 0.6 is 0 Å². The van der Waals surface area contributed by atoms with Crippen LogP contribution in [0.3, 0.4) is 0 Å². The second-order valence-corrected chi connectivity index (χ2v) is 8.46. The van der Waals surface area contributed by atoms with Crippen LogP contribution in [0.25, 0.3) is 0 Å². The summed E-state index contributed by atoms with van der Waals surface area (Å²) in [6, 6.07) is 0. The van der Waals surface area contributed by atoms with Crippen molar-refractivity contribution in [1.82, 2.24) is 0 Å². The third-order valence-electron chi connectivity index (χ3n) is 6.35. The largest absolute Gasteiger partial charge is 0.466 e. The van der Waals surface area contributed by atoms with Gasteiger partial charge in [-0.1, -0.05) is 13.3 Å². The van der Waals surface area contributed by atoms with Gasteiger partial charge in [-0.05, 0) is 74.5 Å². The summed E-state index contributed by atoms with van der Waals surface area (Å²) in [7, 11) is 0. The molecule has 0 saturated heterocycles. The molecule has 24 heavy (non-hydrogen) atoms. The molecule has 4 fully saturated rings. The Bertz CT molecular complexity index is 421. The van der Waals surface area contributed by atoms with Crippen molar-refractivity contribution < 1.29 is 19.1 Å². The van der Waals surface area contributed by atoms with Crippen LogP contribution in [-0.2, 0) is 19.1 Å². The molecule has 136 valence electrons. The predicted molar refractivity (Wildman–Crippen MR) is 91.3 cm³/mol. The van der Waals surface area contributed by atoms with E-state index in [1.807, 2.05) is 0 Å². The number of carbonyl (C=O) groups excluding carboxylic acids is 2. The normalized spacial score (nSPS) is 33.5. The van der Waals surface area contributed by atoms with Crippen LogP contribution in [0.5, 0.6) is 0 Å². The van der Waals surface area contributed by atoms with Crippen LogP contribution in [0.15, 0.2) is 0 Å². The number of hydrogen-bond donors (Lipinski definition) is 0. The summed E-state index contributed by atoms with van der Waals surface area (Å²) in [6.07, 6.45) is 11.5. The van der Waals surface area contributed by atoms with Gasteiger partial charge in [0.15, 0.2) is 0 Å². The molecule has 4 bridgehead atoms. The van der Waals surface area contributed by atoms with E-state index in [4.69, 9.17) is 9.47 Å². The Labute approximate surface area is 145 Å².